The van der Waals surface area contributed by atoms with Crippen molar-refractivity contribution in [1.82, 2.24) is 9.13 Å². The zero-order chi connectivity index (χ0) is 24.6. The number of imidazole rings is 1. The minimum absolute atomic E-state index is 0.0773. The van der Waals surface area contributed by atoms with E-state index >= 15 is 0 Å². The molecule has 0 aliphatic carbocycles. The number of hydrogen-bond donors (Lipinski definition) is 1. The predicted octanol–water partition coefficient (Wildman–Crippen LogP) is 4.89. The van der Waals surface area contributed by atoms with Crippen LogP contribution in [-0.4, -0.2) is 23.5 Å². The predicted molar refractivity (Wildman–Crippen MR) is 134 cm³/mol. The molecule has 9 heteroatoms. The van der Waals surface area contributed by atoms with E-state index < -0.39 is 15.7 Å². The summed E-state index contributed by atoms with van der Waals surface area (Å²) in [7, 11) is -4.02. The number of nitrogens with one attached hydrogen (secondary N) is 1. The second-order valence-corrected chi connectivity index (χ2v) is 10.2. The number of aryl methyl sites for hydroxylation is 3. The quantitative estimate of drug-likeness (QED) is 0.410. The number of halogens is 1. The SMILES string of the molecule is CCn1c(=O)n(CC)c2cc(S(=O)(=O)c3ccc(C)cc3)c(NC(=O)c3ccccc3Cl)cc21. The van der Waals surface area contributed by atoms with Crippen molar-refractivity contribution in [3.05, 3.63) is 87.3 Å². The van der Waals surface area contributed by atoms with E-state index in [1.165, 1.54) is 22.8 Å². The number of hydrogen-bond acceptors (Lipinski definition) is 4. The normalized spacial score (nSPS) is 11.6. The Kier molecular flexibility index (Phi) is 6.38. The van der Waals surface area contributed by atoms with Crippen LogP contribution in [0.5, 0.6) is 0 Å². The van der Waals surface area contributed by atoms with Crippen LogP contribution in [0.25, 0.3) is 11.0 Å². The first-order chi connectivity index (χ1) is 16.2. The van der Waals surface area contributed by atoms with Crippen molar-refractivity contribution >= 4 is 44.1 Å². The van der Waals surface area contributed by atoms with E-state index in [1.807, 2.05) is 20.8 Å². The summed E-state index contributed by atoms with van der Waals surface area (Å²) in [5.74, 6) is -0.550. The molecule has 7 nitrogen and oxygen atoms in total. The lowest BCUT2D eigenvalue weighted by molar-refractivity contribution is 0.102. The van der Waals surface area contributed by atoms with Gasteiger partial charge in [0.15, 0.2) is 0 Å². The van der Waals surface area contributed by atoms with Crippen LogP contribution in [0.3, 0.4) is 0 Å². The van der Waals surface area contributed by atoms with E-state index in [9.17, 15) is 18.0 Å². The molecule has 0 aliphatic rings. The Morgan fingerprint density at radius 1 is 0.941 bits per heavy atom. The van der Waals surface area contributed by atoms with Gasteiger partial charge in [0, 0.05) is 13.1 Å². The molecule has 0 radical (unpaired) electrons. The van der Waals surface area contributed by atoms with Crippen molar-refractivity contribution in [2.75, 3.05) is 5.32 Å². The molecule has 34 heavy (non-hydrogen) atoms. The zero-order valence-electron chi connectivity index (χ0n) is 19.0. The minimum Gasteiger partial charge on any atom is -0.321 e. The Labute approximate surface area is 202 Å². The molecular weight excluding hydrogens is 474 g/mol. The number of fused-ring (bicyclic) bond motifs is 1. The first-order valence-electron chi connectivity index (χ1n) is 10.8. The third kappa shape index (κ3) is 4.03. The number of sulfone groups is 1. The Hall–Kier alpha value is -3.36. The highest BCUT2D eigenvalue weighted by Gasteiger charge is 2.26. The van der Waals surface area contributed by atoms with Crippen LogP contribution < -0.4 is 11.0 Å². The van der Waals surface area contributed by atoms with Crippen LogP contribution in [0, 0.1) is 6.92 Å². The monoisotopic (exact) mass is 497 g/mol. The lowest BCUT2D eigenvalue weighted by Gasteiger charge is -2.14. The summed E-state index contributed by atoms with van der Waals surface area (Å²) in [6.07, 6.45) is 0. The maximum Gasteiger partial charge on any atom is 0.329 e. The number of carbonyl (C=O) groups excluding carboxylic acids is 1. The molecule has 0 saturated heterocycles. The molecule has 3 aromatic carbocycles. The van der Waals surface area contributed by atoms with Gasteiger partial charge in [-0.3, -0.25) is 13.9 Å². The summed E-state index contributed by atoms with van der Waals surface area (Å²) < 4.78 is 30.4. The average molecular weight is 498 g/mol. The second-order valence-electron chi connectivity index (χ2n) is 7.86. The minimum atomic E-state index is -4.02. The molecule has 1 N–H and O–H groups in total. The van der Waals surface area contributed by atoms with Crippen LogP contribution in [0.1, 0.15) is 29.8 Å². The molecule has 4 rings (SSSR count). The van der Waals surface area contributed by atoms with Gasteiger partial charge in [-0.1, -0.05) is 41.4 Å². The van der Waals surface area contributed by atoms with Gasteiger partial charge in [-0.15, -0.1) is 0 Å². The fraction of sp³-hybridized carbons (Fsp3) is 0.200. The summed E-state index contributed by atoms with van der Waals surface area (Å²) in [6, 6.07) is 16.0. The largest absolute Gasteiger partial charge is 0.329 e. The van der Waals surface area contributed by atoms with Gasteiger partial charge in [0.25, 0.3) is 5.91 Å². The number of carbonyl (C=O) groups is 1. The molecule has 0 atom stereocenters. The lowest BCUT2D eigenvalue weighted by atomic mass is 10.2. The van der Waals surface area contributed by atoms with Gasteiger partial charge in [-0.25, -0.2) is 13.2 Å². The van der Waals surface area contributed by atoms with E-state index in [0.717, 1.165) is 5.56 Å². The first kappa shape index (κ1) is 23.8. The van der Waals surface area contributed by atoms with Gasteiger partial charge in [0.1, 0.15) is 0 Å². The van der Waals surface area contributed by atoms with E-state index in [2.05, 4.69) is 5.32 Å². The summed E-state index contributed by atoms with van der Waals surface area (Å²) in [5, 5.41) is 2.96. The second kappa shape index (κ2) is 9.12. The molecule has 0 bridgehead atoms. The topological polar surface area (TPSA) is 90.2 Å². The van der Waals surface area contributed by atoms with Gasteiger partial charge in [0.05, 0.1) is 37.1 Å². The molecule has 1 amide bonds. The standard InChI is InChI=1S/C25H24ClN3O4S/c1-4-28-21-14-20(27-24(30)18-8-6-7-9-19(18)26)23(15-22(21)29(5-2)25(28)31)34(32,33)17-12-10-16(3)11-13-17/h6-15H,4-5H2,1-3H3,(H,27,30). The molecule has 0 spiro atoms. The number of benzene rings is 3. The van der Waals surface area contributed by atoms with Crippen LogP contribution >= 0.6 is 11.6 Å². The Morgan fingerprint density at radius 2 is 1.53 bits per heavy atom. The molecule has 1 heterocycles. The molecule has 0 fully saturated rings. The van der Waals surface area contributed by atoms with Gasteiger partial charge >= 0.3 is 5.69 Å². The summed E-state index contributed by atoms with van der Waals surface area (Å²) in [6.45, 7) is 6.29. The third-order valence-corrected chi connectivity index (χ3v) is 7.88. The van der Waals surface area contributed by atoms with Crippen molar-refractivity contribution in [2.45, 2.75) is 43.7 Å². The Balaban J connectivity index is 1.98. The van der Waals surface area contributed by atoms with Gasteiger partial charge < -0.3 is 5.32 Å². The third-order valence-electron chi connectivity index (χ3n) is 5.74. The Bertz CT molecular complexity index is 1570. The van der Waals surface area contributed by atoms with Gasteiger partial charge in [-0.2, -0.15) is 0 Å². The number of rotatable bonds is 6. The maximum atomic E-state index is 13.7. The first-order valence-corrected chi connectivity index (χ1v) is 12.7. The van der Waals surface area contributed by atoms with E-state index in [-0.39, 0.29) is 31.8 Å². The molecule has 4 aromatic rings. The number of anilines is 1. The fourth-order valence-corrected chi connectivity index (χ4v) is 5.59. The van der Waals surface area contributed by atoms with Crippen molar-refractivity contribution in [2.24, 2.45) is 0 Å². The average Bonchev–Trinajstić information content (AvgIpc) is 3.08. The summed E-state index contributed by atoms with van der Waals surface area (Å²) in [4.78, 5) is 25.9. The number of amides is 1. The van der Waals surface area contributed by atoms with Gasteiger partial charge in [0.2, 0.25) is 9.84 Å². The number of nitrogens with zero attached hydrogens (tertiary/aromatic N) is 2. The molecule has 1 aromatic heterocycles. The number of aromatic nitrogens is 2. The lowest BCUT2D eigenvalue weighted by Crippen LogP contribution is -2.23. The molecular formula is C25H24ClN3O4S. The maximum absolute atomic E-state index is 13.7. The highest BCUT2D eigenvalue weighted by molar-refractivity contribution is 7.91. The molecule has 0 saturated carbocycles. The van der Waals surface area contributed by atoms with E-state index in [1.54, 1.807) is 47.0 Å². The van der Waals surface area contributed by atoms with E-state index in [0.29, 0.717) is 24.1 Å². The Morgan fingerprint density at radius 3 is 2.12 bits per heavy atom. The summed E-state index contributed by atoms with van der Waals surface area (Å²) in [5.41, 5.74) is 1.98. The molecule has 176 valence electrons. The molecule has 0 aliphatic heterocycles. The van der Waals surface area contributed by atoms with Crippen molar-refractivity contribution in [1.29, 1.82) is 0 Å². The van der Waals surface area contributed by atoms with Crippen molar-refractivity contribution < 1.29 is 13.2 Å². The smallest absolute Gasteiger partial charge is 0.321 e. The van der Waals surface area contributed by atoms with Crippen LogP contribution in [0.2, 0.25) is 5.02 Å². The van der Waals surface area contributed by atoms with Crippen molar-refractivity contribution in [3.8, 4) is 0 Å². The van der Waals surface area contributed by atoms with Crippen LogP contribution in [0.15, 0.2) is 75.2 Å². The highest BCUT2D eigenvalue weighted by Crippen LogP contribution is 2.33. The van der Waals surface area contributed by atoms with Crippen molar-refractivity contribution in [3.63, 3.8) is 0 Å². The summed E-state index contributed by atoms with van der Waals surface area (Å²) >= 11 is 6.18. The van der Waals surface area contributed by atoms with Crippen LogP contribution in [-0.2, 0) is 22.9 Å². The molecule has 0 unspecified atom stereocenters. The highest BCUT2D eigenvalue weighted by atomic mass is 35.5. The zero-order valence-corrected chi connectivity index (χ0v) is 20.6. The van der Waals surface area contributed by atoms with Crippen LogP contribution in [0.4, 0.5) is 5.69 Å². The van der Waals surface area contributed by atoms with Gasteiger partial charge in [-0.05, 0) is 57.2 Å². The van der Waals surface area contributed by atoms with E-state index in [4.69, 9.17) is 11.6 Å². The fourth-order valence-electron chi connectivity index (χ4n) is 3.95.